The number of carbonyl (C=O) groups excluding carboxylic acids is 2. The van der Waals surface area contributed by atoms with Crippen molar-refractivity contribution in [2.75, 3.05) is 23.1 Å². The van der Waals surface area contributed by atoms with Gasteiger partial charge in [-0.25, -0.2) is 4.39 Å². The van der Waals surface area contributed by atoms with Crippen LogP contribution in [0.15, 0.2) is 47.3 Å². The maximum absolute atomic E-state index is 13.4. The van der Waals surface area contributed by atoms with Crippen LogP contribution in [0.3, 0.4) is 0 Å². The van der Waals surface area contributed by atoms with Crippen molar-refractivity contribution in [1.29, 1.82) is 0 Å². The summed E-state index contributed by atoms with van der Waals surface area (Å²) in [7, 11) is 1.50. The predicted molar refractivity (Wildman–Crippen MR) is 117 cm³/mol. The normalized spacial score (nSPS) is 14.8. The van der Waals surface area contributed by atoms with E-state index < -0.39 is 29.1 Å². The van der Waals surface area contributed by atoms with E-state index in [1.807, 2.05) is 0 Å². The Morgan fingerprint density at radius 2 is 2.03 bits per heavy atom. The number of amides is 2. The molecule has 0 radical (unpaired) electrons. The zero-order valence-corrected chi connectivity index (χ0v) is 17.4. The molecule has 1 aromatic heterocycles. The van der Waals surface area contributed by atoms with Crippen LogP contribution in [0.25, 0.3) is 0 Å². The topological polar surface area (TPSA) is 125 Å². The van der Waals surface area contributed by atoms with E-state index in [4.69, 9.17) is 16.3 Å². The van der Waals surface area contributed by atoms with Crippen molar-refractivity contribution in [2.45, 2.75) is 12.3 Å². The highest BCUT2D eigenvalue weighted by atomic mass is 35.5. The van der Waals surface area contributed by atoms with Crippen LogP contribution in [0.5, 0.6) is 5.75 Å². The number of ether oxygens (including phenoxy) is 1. The molecule has 9 nitrogen and oxygen atoms in total. The SMILES string of the molecule is COc1ccccc1Nc1nc2c(c(=O)[nH]1)C(C(=O)Nc1ccc(F)c(Cl)c1)CC(=O)N2. The third kappa shape index (κ3) is 4.26. The second-order valence-corrected chi connectivity index (χ2v) is 7.33. The van der Waals surface area contributed by atoms with Gasteiger partial charge >= 0.3 is 0 Å². The molecule has 2 amide bonds. The highest BCUT2D eigenvalue weighted by Gasteiger charge is 2.35. The fourth-order valence-electron chi connectivity index (χ4n) is 3.33. The molecule has 4 N–H and O–H groups in total. The smallest absolute Gasteiger partial charge is 0.258 e. The quantitative estimate of drug-likeness (QED) is 0.465. The number of anilines is 4. The van der Waals surface area contributed by atoms with Gasteiger partial charge in [0.15, 0.2) is 0 Å². The van der Waals surface area contributed by atoms with Crippen molar-refractivity contribution in [1.82, 2.24) is 9.97 Å². The average Bonchev–Trinajstić information content (AvgIpc) is 2.75. The van der Waals surface area contributed by atoms with E-state index in [1.54, 1.807) is 24.3 Å². The molecule has 0 saturated heterocycles. The molecule has 2 aromatic carbocycles. The van der Waals surface area contributed by atoms with E-state index in [2.05, 4.69) is 25.9 Å². The van der Waals surface area contributed by atoms with Crippen molar-refractivity contribution in [2.24, 2.45) is 0 Å². The summed E-state index contributed by atoms with van der Waals surface area (Å²) in [5, 5.41) is 7.84. The number of aromatic amines is 1. The molecule has 0 bridgehead atoms. The molecule has 0 spiro atoms. The van der Waals surface area contributed by atoms with Crippen LogP contribution in [0.2, 0.25) is 5.02 Å². The minimum absolute atomic E-state index is 0.0147. The Labute approximate surface area is 186 Å². The molecule has 0 fully saturated rings. The molecular weight excluding hydrogens is 441 g/mol. The first-order valence-corrected chi connectivity index (χ1v) is 9.83. The van der Waals surface area contributed by atoms with Gasteiger partial charge in [-0.1, -0.05) is 23.7 Å². The Morgan fingerprint density at radius 3 is 2.78 bits per heavy atom. The Morgan fingerprint density at radius 1 is 1.25 bits per heavy atom. The van der Waals surface area contributed by atoms with Crippen molar-refractivity contribution < 1.29 is 18.7 Å². The highest BCUT2D eigenvalue weighted by molar-refractivity contribution is 6.31. The molecule has 0 saturated carbocycles. The Hall–Kier alpha value is -3.92. The number of fused-ring (bicyclic) bond motifs is 1. The summed E-state index contributed by atoms with van der Waals surface area (Å²) in [6.07, 6.45) is -0.252. The third-order valence-electron chi connectivity index (χ3n) is 4.81. The minimum atomic E-state index is -1.10. The molecule has 1 aliphatic heterocycles. The molecule has 0 aliphatic carbocycles. The number of carbonyl (C=O) groups is 2. The first-order chi connectivity index (χ1) is 15.4. The number of nitrogens with zero attached hydrogens (tertiary/aromatic N) is 1. The first-order valence-electron chi connectivity index (χ1n) is 9.45. The van der Waals surface area contributed by atoms with Gasteiger partial charge in [0.05, 0.1) is 29.3 Å². The minimum Gasteiger partial charge on any atom is -0.495 e. The van der Waals surface area contributed by atoms with Crippen LogP contribution in [-0.2, 0) is 9.59 Å². The Bertz CT molecular complexity index is 1280. The van der Waals surface area contributed by atoms with E-state index in [1.165, 1.54) is 19.2 Å². The van der Waals surface area contributed by atoms with Gasteiger partial charge in [0.2, 0.25) is 17.8 Å². The number of hydrogen-bond donors (Lipinski definition) is 4. The number of para-hydroxylation sites is 2. The molecule has 11 heteroatoms. The van der Waals surface area contributed by atoms with Gasteiger partial charge in [-0.2, -0.15) is 4.98 Å². The van der Waals surface area contributed by atoms with Gasteiger partial charge in [-0.3, -0.25) is 19.4 Å². The fourth-order valence-corrected chi connectivity index (χ4v) is 3.51. The van der Waals surface area contributed by atoms with Gasteiger partial charge < -0.3 is 20.7 Å². The first kappa shape index (κ1) is 21.3. The molecule has 1 atom stereocenters. The molecule has 1 aliphatic rings. The lowest BCUT2D eigenvalue weighted by Gasteiger charge is -2.23. The van der Waals surface area contributed by atoms with Crippen LogP contribution < -0.4 is 26.2 Å². The van der Waals surface area contributed by atoms with Gasteiger partial charge in [-0.05, 0) is 30.3 Å². The lowest BCUT2D eigenvalue weighted by molar-refractivity contribution is -0.123. The van der Waals surface area contributed by atoms with Crippen molar-refractivity contribution in [3.63, 3.8) is 0 Å². The zero-order valence-electron chi connectivity index (χ0n) is 16.7. The number of aromatic nitrogens is 2. The summed E-state index contributed by atoms with van der Waals surface area (Å²) >= 11 is 5.75. The number of hydrogen-bond acceptors (Lipinski definition) is 6. The van der Waals surface area contributed by atoms with E-state index in [9.17, 15) is 18.8 Å². The lowest BCUT2D eigenvalue weighted by Crippen LogP contribution is -2.36. The van der Waals surface area contributed by atoms with Crippen molar-refractivity contribution >= 4 is 46.6 Å². The second-order valence-electron chi connectivity index (χ2n) is 6.93. The van der Waals surface area contributed by atoms with Crippen molar-refractivity contribution in [3.8, 4) is 5.75 Å². The summed E-state index contributed by atoms with van der Waals surface area (Å²) in [6, 6.07) is 10.7. The number of halogens is 2. The van der Waals surface area contributed by atoms with E-state index in [0.717, 1.165) is 6.07 Å². The summed E-state index contributed by atoms with van der Waals surface area (Å²) in [4.78, 5) is 44.7. The van der Waals surface area contributed by atoms with Crippen LogP contribution in [-0.4, -0.2) is 28.9 Å². The number of benzene rings is 2. The molecule has 2 heterocycles. The molecule has 3 aromatic rings. The zero-order chi connectivity index (χ0) is 22.8. The van der Waals surface area contributed by atoms with Crippen LogP contribution in [0.1, 0.15) is 17.9 Å². The molecule has 1 unspecified atom stereocenters. The van der Waals surface area contributed by atoms with Gasteiger partial charge in [0, 0.05) is 12.1 Å². The maximum Gasteiger partial charge on any atom is 0.258 e. The highest BCUT2D eigenvalue weighted by Crippen LogP contribution is 2.31. The Kier molecular flexibility index (Phi) is 5.78. The molecule has 164 valence electrons. The van der Waals surface area contributed by atoms with Gasteiger partial charge in [0.1, 0.15) is 17.4 Å². The second kappa shape index (κ2) is 8.67. The predicted octanol–water partition coefficient (Wildman–Crippen LogP) is 3.38. The number of methoxy groups -OCH3 is 1. The molecule has 32 heavy (non-hydrogen) atoms. The summed E-state index contributed by atoms with van der Waals surface area (Å²) in [6.45, 7) is 0. The largest absolute Gasteiger partial charge is 0.495 e. The number of rotatable bonds is 5. The summed E-state index contributed by atoms with van der Waals surface area (Å²) in [5.74, 6) is -2.28. The lowest BCUT2D eigenvalue weighted by atomic mass is 9.92. The van der Waals surface area contributed by atoms with E-state index >= 15 is 0 Å². The number of nitrogens with one attached hydrogen (secondary N) is 4. The van der Waals surface area contributed by atoms with Gasteiger partial charge in [-0.15, -0.1) is 0 Å². The third-order valence-corrected chi connectivity index (χ3v) is 5.10. The molecular formula is C21H17ClFN5O4. The Balaban J connectivity index is 1.64. The van der Waals surface area contributed by atoms with Gasteiger partial charge in [0.25, 0.3) is 5.56 Å². The van der Waals surface area contributed by atoms with Crippen molar-refractivity contribution in [3.05, 3.63) is 69.2 Å². The average molecular weight is 458 g/mol. The fraction of sp³-hybridized carbons (Fsp3) is 0.143. The van der Waals surface area contributed by atoms with E-state index in [-0.39, 0.29) is 34.5 Å². The van der Waals surface area contributed by atoms with Crippen LogP contribution in [0, 0.1) is 5.82 Å². The summed E-state index contributed by atoms with van der Waals surface area (Å²) in [5.41, 5.74) is 0.195. The summed E-state index contributed by atoms with van der Waals surface area (Å²) < 4.78 is 18.6. The number of H-pyrrole nitrogens is 1. The molecule has 4 rings (SSSR count). The monoisotopic (exact) mass is 457 g/mol. The van der Waals surface area contributed by atoms with Crippen LogP contribution >= 0.6 is 11.6 Å². The maximum atomic E-state index is 13.4. The van der Waals surface area contributed by atoms with E-state index in [0.29, 0.717) is 11.4 Å². The van der Waals surface area contributed by atoms with Crippen LogP contribution in [0.4, 0.5) is 27.5 Å². The standard InChI is InChI=1S/C21H17ClFN5O4/c1-32-15-5-3-2-4-14(15)25-21-27-18-17(20(31)28-21)11(9-16(29)26-18)19(30)24-10-6-7-13(23)12(22)8-10/h2-8,11H,9H2,1H3,(H,24,30)(H3,25,26,27,28,29,31).